The fourth-order valence-electron chi connectivity index (χ4n) is 3.62. The van der Waals surface area contributed by atoms with Crippen molar-refractivity contribution in [1.29, 1.82) is 0 Å². The lowest BCUT2D eigenvalue weighted by Crippen LogP contribution is -2.44. The number of ether oxygens (including phenoxy) is 1. The number of anilines is 1. The predicted octanol–water partition coefficient (Wildman–Crippen LogP) is 4.66. The molecule has 0 radical (unpaired) electrons. The molecular formula is C22H22FN3O2. The molecule has 1 aliphatic rings. The Morgan fingerprint density at radius 1 is 1.11 bits per heavy atom. The Morgan fingerprint density at radius 2 is 1.89 bits per heavy atom. The SMILES string of the molecule is CCOc1ccc(C2c3cccn3CCN2C(=O)Nc2ccccc2F)cc1. The van der Waals surface area contributed by atoms with Crippen LogP contribution in [0.25, 0.3) is 0 Å². The van der Waals surface area contributed by atoms with E-state index >= 15 is 0 Å². The average Bonchev–Trinajstić information content (AvgIpc) is 3.19. The van der Waals surface area contributed by atoms with Crippen molar-refractivity contribution < 1.29 is 13.9 Å². The second-order valence-electron chi connectivity index (χ2n) is 6.63. The highest BCUT2D eigenvalue weighted by Gasteiger charge is 2.32. The molecule has 0 bridgehead atoms. The van der Waals surface area contributed by atoms with Crippen LogP contribution in [0.1, 0.15) is 24.2 Å². The first kappa shape index (κ1) is 18.1. The normalized spacial score (nSPS) is 15.8. The Bertz CT molecular complexity index is 968. The number of aromatic nitrogens is 1. The van der Waals surface area contributed by atoms with Crippen molar-refractivity contribution in [2.45, 2.75) is 19.5 Å². The van der Waals surface area contributed by atoms with Gasteiger partial charge in [-0.15, -0.1) is 0 Å². The number of nitrogens with zero attached hydrogens (tertiary/aromatic N) is 2. The largest absolute Gasteiger partial charge is 0.494 e. The Kier molecular flexibility index (Phi) is 5.02. The van der Waals surface area contributed by atoms with Gasteiger partial charge in [-0.25, -0.2) is 9.18 Å². The zero-order valence-electron chi connectivity index (χ0n) is 15.6. The number of hydrogen-bond acceptors (Lipinski definition) is 2. The molecule has 2 heterocycles. The molecule has 0 saturated heterocycles. The van der Waals surface area contributed by atoms with Crippen LogP contribution in [0.4, 0.5) is 14.9 Å². The second kappa shape index (κ2) is 7.76. The first-order chi connectivity index (χ1) is 13.7. The number of nitrogens with one attached hydrogen (secondary N) is 1. The number of amides is 2. The average molecular weight is 379 g/mol. The molecule has 1 unspecified atom stereocenters. The predicted molar refractivity (Wildman–Crippen MR) is 106 cm³/mol. The number of fused-ring (bicyclic) bond motifs is 1. The summed E-state index contributed by atoms with van der Waals surface area (Å²) in [6, 6.07) is 17.4. The van der Waals surface area contributed by atoms with Crippen LogP contribution in [0, 0.1) is 5.82 Å². The molecule has 1 aliphatic heterocycles. The lowest BCUT2D eigenvalue weighted by Gasteiger charge is -2.37. The van der Waals surface area contributed by atoms with Crippen LogP contribution < -0.4 is 10.1 Å². The summed E-state index contributed by atoms with van der Waals surface area (Å²) >= 11 is 0. The minimum absolute atomic E-state index is 0.180. The van der Waals surface area contributed by atoms with Crippen molar-refractivity contribution in [1.82, 2.24) is 9.47 Å². The van der Waals surface area contributed by atoms with Crippen LogP contribution in [0.3, 0.4) is 0 Å². The molecule has 4 rings (SSSR count). The maximum atomic E-state index is 14.0. The molecule has 0 spiro atoms. The molecule has 5 nitrogen and oxygen atoms in total. The van der Waals surface area contributed by atoms with Crippen LogP contribution in [-0.2, 0) is 6.54 Å². The highest BCUT2D eigenvalue weighted by Crippen LogP contribution is 2.33. The minimum atomic E-state index is -0.450. The van der Waals surface area contributed by atoms with Crippen molar-refractivity contribution in [3.05, 3.63) is 83.9 Å². The van der Waals surface area contributed by atoms with Gasteiger partial charge in [0.25, 0.3) is 0 Å². The van der Waals surface area contributed by atoms with E-state index in [1.165, 1.54) is 6.07 Å². The van der Waals surface area contributed by atoms with Gasteiger partial charge in [-0.1, -0.05) is 24.3 Å². The third kappa shape index (κ3) is 3.45. The highest BCUT2D eigenvalue weighted by molar-refractivity contribution is 5.90. The zero-order chi connectivity index (χ0) is 19.5. The number of benzene rings is 2. The summed E-state index contributed by atoms with van der Waals surface area (Å²) in [5.74, 6) is 0.341. The maximum absolute atomic E-state index is 14.0. The molecule has 1 aromatic heterocycles. The van der Waals surface area contributed by atoms with E-state index < -0.39 is 5.82 Å². The maximum Gasteiger partial charge on any atom is 0.322 e. The monoisotopic (exact) mass is 379 g/mol. The number of rotatable bonds is 4. The number of carbonyl (C=O) groups is 1. The van der Waals surface area contributed by atoms with Gasteiger partial charge >= 0.3 is 6.03 Å². The molecule has 0 aliphatic carbocycles. The first-order valence-electron chi connectivity index (χ1n) is 9.37. The molecule has 0 fully saturated rings. The van der Waals surface area contributed by atoms with Crippen molar-refractivity contribution >= 4 is 11.7 Å². The third-order valence-corrected chi connectivity index (χ3v) is 4.92. The van der Waals surface area contributed by atoms with E-state index in [-0.39, 0.29) is 17.8 Å². The fourth-order valence-corrected chi connectivity index (χ4v) is 3.62. The number of para-hydroxylation sites is 1. The van der Waals surface area contributed by atoms with Crippen LogP contribution >= 0.6 is 0 Å². The molecule has 1 N–H and O–H groups in total. The van der Waals surface area contributed by atoms with E-state index in [0.29, 0.717) is 19.7 Å². The van der Waals surface area contributed by atoms with Gasteiger partial charge < -0.3 is 19.5 Å². The topological polar surface area (TPSA) is 46.5 Å². The van der Waals surface area contributed by atoms with Crippen LogP contribution in [0.2, 0.25) is 0 Å². The summed E-state index contributed by atoms with van der Waals surface area (Å²) in [6.07, 6.45) is 2.02. The molecule has 1 atom stereocenters. The molecular weight excluding hydrogens is 357 g/mol. The lowest BCUT2D eigenvalue weighted by molar-refractivity contribution is 0.181. The van der Waals surface area contributed by atoms with E-state index in [1.54, 1.807) is 23.1 Å². The Hall–Kier alpha value is -3.28. The highest BCUT2D eigenvalue weighted by atomic mass is 19.1. The van der Waals surface area contributed by atoms with Gasteiger partial charge in [0.2, 0.25) is 0 Å². The van der Waals surface area contributed by atoms with Crippen LogP contribution in [0.5, 0.6) is 5.75 Å². The molecule has 0 saturated carbocycles. The smallest absolute Gasteiger partial charge is 0.322 e. The summed E-state index contributed by atoms with van der Waals surface area (Å²) in [7, 11) is 0. The fraction of sp³-hybridized carbons (Fsp3) is 0.227. The third-order valence-electron chi connectivity index (χ3n) is 4.92. The Labute approximate surface area is 163 Å². The summed E-state index contributed by atoms with van der Waals surface area (Å²) in [6.45, 7) is 3.76. The van der Waals surface area contributed by atoms with E-state index in [9.17, 15) is 9.18 Å². The number of halogens is 1. The van der Waals surface area contributed by atoms with E-state index in [0.717, 1.165) is 17.0 Å². The summed E-state index contributed by atoms with van der Waals surface area (Å²) in [4.78, 5) is 14.8. The Balaban J connectivity index is 1.65. The van der Waals surface area contributed by atoms with Gasteiger partial charge in [-0.2, -0.15) is 0 Å². The minimum Gasteiger partial charge on any atom is -0.494 e. The summed E-state index contributed by atoms with van der Waals surface area (Å²) < 4.78 is 21.7. The molecule has 6 heteroatoms. The Morgan fingerprint density at radius 3 is 2.64 bits per heavy atom. The second-order valence-corrected chi connectivity index (χ2v) is 6.63. The summed E-state index contributed by atoms with van der Waals surface area (Å²) in [5, 5.41) is 2.71. The van der Waals surface area contributed by atoms with Gasteiger partial charge in [0, 0.05) is 25.0 Å². The zero-order valence-corrected chi connectivity index (χ0v) is 15.6. The van der Waals surface area contributed by atoms with Crippen LogP contribution in [0.15, 0.2) is 66.9 Å². The standard InChI is InChI=1S/C22H22FN3O2/c1-2-28-17-11-9-16(10-12-17)21-20-8-5-13-25(20)14-15-26(21)22(27)24-19-7-4-3-6-18(19)23/h3-13,21H,2,14-15H2,1H3,(H,24,27). The first-order valence-corrected chi connectivity index (χ1v) is 9.37. The van der Waals surface area contributed by atoms with Gasteiger partial charge in [0.05, 0.1) is 18.3 Å². The van der Waals surface area contributed by atoms with Crippen molar-refractivity contribution in [2.75, 3.05) is 18.5 Å². The number of hydrogen-bond donors (Lipinski definition) is 1. The van der Waals surface area contributed by atoms with Crippen molar-refractivity contribution in [2.24, 2.45) is 0 Å². The lowest BCUT2D eigenvalue weighted by atomic mass is 10.00. The number of urea groups is 1. The molecule has 144 valence electrons. The van der Waals surface area contributed by atoms with Crippen molar-refractivity contribution in [3.8, 4) is 5.75 Å². The van der Waals surface area contributed by atoms with Gasteiger partial charge in [0.1, 0.15) is 11.6 Å². The van der Waals surface area contributed by atoms with Gasteiger partial charge in [-0.3, -0.25) is 0 Å². The van der Waals surface area contributed by atoms with E-state index in [4.69, 9.17) is 4.74 Å². The van der Waals surface area contributed by atoms with Crippen molar-refractivity contribution in [3.63, 3.8) is 0 Å². The van der Waals surface area contributed by atoms with Gasteiger partial charge in [-0.05, 0) is 48.9 Å². The van der Waals surface area contributed by atoms with Gasteiger partial charge in [0.15, 0.2) is 0 Å². The van der Waals surface area contributed by atoms with E-state index in [1.807, 2.05) is 49.5 Å². The molecule has 28 heavy (non-hydrogen) atoms. The molecule has 3 aromatic rings. The molecule has 2 aromatic carbocycles. The quantitative estimate of drug-likeness (QED) is 0.716. The van der Waals surface area contributed by atoms with E-state index in [2.05, 4.69) is 9.88 Å². The molecule has 2 amide bonds. The number of carbonyl (C=O) groups excluding carboxylic acids is 1. The van der Waals surface area contributed by atoms with Crippen LogP contribution in [-0.4, -0.2) is 28.6 Å². The summed E-state index contributed by atoms with van der Waals surface area (Å²) in [5.41, 5.74) is 2.18.